The lowest BCUT2D eigenvalue weighted by molar-refractivity contribution is -0.196. The first-order valence-electron chi connectivity index (χ1n) is 9.89. The second kappa shape index (κ2) is 7.72. The predicted molar refractivity (Wildman–Crippen MR) is 112 cm³/mol. The molecule has 164 valence electrons. The summed E-state index contributed by atoms with van der Waals surface area (Å²) in [6.45, 7) is 1.54. The number of nitrogens with two attached hydrogens (primary N) is 1. The highest BCUT2D eigenvalue weighted by atomic mass is 19.4. The molecule has 9 heteroatoms. The Morgan fingerprint density at radius 1 is 1.26 bits per heavy atom. The molecule has 4 N–H and O–H groups in total. The Labute approximate surface area is 176 Å². The maximum absolute atomic E-state index is 12.5. The van der Waals surface area contributed by atoms with Gasteiger partial charge in [0.15, 0.2) is 6.10 Å². The summed E-state index contributed by atoms with van der Waals surface area (Å²) >= 11 is 0. The summed E-state index contributed by atoms with van der Waals surface area (Å²) in [5.74, 6) is 0.710. The molecule has 1 amide bonds. The van der Waals surface area contributed by atoms with Crippen LogP contribution in [0.5, 0.6) is 5.75 Å². The Morgan fingerprint density at radius 2 is 1.94 bits per heavy atom. The first-order chi connectivity index (χ1) is 14.6. The van der Waals surface area contributed by atoms with Crippen LogP contribution < -0.4 is 11.1 Å². The third-order valence-corrected chi connectivity index (χ3v) is 5.37. The molecule has 1 fully saturated rings. The van der Waals surface area contributed by atoms with Gasteiger partial charge in [-0.15, -0.1) is 0 Å². The summed E-state index contributed by atoms with van der Waals surface area (Å²) in [6.07, 6.45) is -5.74. The van der Waals surface area contributed by atoms with Crippen LogP contribution in [0.3, 0.4) is 0 Å². The number of alkyl halides is 3. The van der Waals surface area contributed by atoms with Crippen molar-refractivity contribution in [2.45, 2.75) is 38.6 Å². The fourth-order valence-corrected chi connectivity index (χ4v) is 3.51. The molecule has 0 spiro atoms. The minimum Gasteiger partial charge on any atom is -0.508 e. The van der Waals surface area contributed by atoms with Crippen molar-refractivity contribution in [3.63, 3.8) is 0 Å². The maximum Gasteiger partial charge on any atom is 0.425 e. The van der Waals surface area contributed by atoms with Crippen LogP contribution in [0.25, 0.3) is 22.2 Å². The molecule has 2 aromatic carbocycles. The number of nitrogen functional groups attached to an aromatic ring is 1. The van der Waals surface area contributed by atoms with Crippen LogP contribution in [0, 0.1) is 5.92 Å². The summed E-state index contributed by atoms with van der Waals surface area (Å²) in [5, 5.41) is 13.1. The van der Waals surface area contributed by atoms with Crippen LogP contribution in [0.15, 0.2) is 42.5 Å². The highest BCUT2D eigenvalue weighted by molar-refractivity contribution is 6.01. The van der Waals surface area contributed by atoms with Crippen LogP contribution in [-0.4, -0.2) is 28.0 Å². The van der Waals surface area contributed by atoms with Gasteiger partial charge in [0.25, 0.3) is 0 Å². The van der Waals surface area contributed by atoms with Crippen molar-refractivity contribution < 1.29 is 27.8 Å². The lowest BCUT2D eigenvalue weighted by atomic mass is 10.1. The van der Waals surface area contributed by atoms with Crippen LogP contribution >= 0.6 is 0 Å². The smallest absolute Gasteiger partial charge is 0.425 e. The van der Waals surface area contributed by atoms with Gasteiger partial charge in [-0.3, -0.25) is 5.32 Å². The predicted octanol–water partition coefficient (Wildman–Crippen LogP) is 5.51. The van der Waals surface area contributed by atoms with E-state index < -0.39 is 18.4 Å². The van der Waals surface area contributed by atoms with E-state index >= 15 is 0 Å². The molecule has 1 aromatic heterocycles. The fourth-order valence-electron chi connectivity index (χ4n) is 3.51. The van der Waals surface area contributed by atoms with Crippen molar-refractivity contribution in [1.82, 2.24) is 4.57 Å². The normalized spacial score (nSPS) is 15.1. The highest BCUT2D eigenvalue weighted by Gasteiger charge is 2.39. The Morgan fingerprint density at radius 3 is 2.55 bits per heavy atom. The van der Waals surface area contributed by atoms with E-state index in [0.717, 1.165) is 48.5 Å². The molecule has 3 aromatic rings. The Hall–Kier alpha value is -3.36. The zero-order chi connectivity index (χ0) is 22.3. The van der Waals surface area contributed by atoms with Crippen molar-refractivity contribution in [1.29, 1.82) is 0 Å². The lowest BCUT2D eigenvalue weighted by Gasteiger charge is -2.16. The molecule has 1 aliphatic carbocycles. The van der Waals surface area contributed by atoms with Gasteiger partial charge in [-0.1, -0.05) is 12.1 Å². The third kappa shape index (κ3) is 4.40. The van der Waals surface area contributed by atoms with E-state index in [1.807, 2.05) is 0 Å². The van der Waals surface area contributed by atoms with Gasteiger partial charge >= 0.3 is 12.3 Å². The number of aromatic hydroxyl groups is 1. The third-order valence-electron chi connectivity index (χ3n) is 5.37. The number of phenolic OH excluding ortho intramolecular Hbond substituents is 1. The number of hydrogen-bond acceptors (Lipinski definition) is 4. The van der Waals surface area contributed by atoms with Gasteiger partial charge < -0.3 is 20.1 Å². The number of nitrogens with zero attached hydrogens (tertiary/aromatic N) is 1. The lowest BCUT2D eigenvalue weighted by Crippen LogP contribution is -2.32. The molecule has 1 aliphatic rings. The number of carbonyl (C=O) groups excluding carboxylic acids is 1. The molecule has 0 radical (unpaired) electrons. The SMILES string of the molecule is C[C@@H](OC(=O)Nc1ccc(-c2c(N)c3ccc(O)cc3n2CC2CC2)cc1)C(F)(F)F. The molecule has 1 heterocycles. The number of fused-ring (bicyclic) bond motifs is 1. The maximum atomic E-state index is 12.5. The van der Waals surface area contributed by atoms with Crippen LogP contribution in [-0.2, 0) is 11.3 Å². The van der Waals surface area contributed by atoms with Crippen molar-refractivity contribution in [2.24, 2.45) is 5.92 Å². The standard InChI is InChI=1S/C22H22F3N3O3/c1-12(22(23,24)25)31-21(30)27-15-6-4-14(5-7-15)20-19(26)17-9-8-16(29)10-18(17)28(20)11-13-2-3-13/h4-10,12-13,29H,2-3,11,26H2,1H3,(H,27,30)/t12-/m1/s1. The van der Waals surface area contributed by atoms with Gasteiger partial charge in [0, 0.05) is 29.2 Å². The number of anilines is 2. The van der Waals surface area contributed by atoms with E-state index in [0.29, 0.717) is 17.3 Å². The van der Waals surface area contributed by atoms with Gasteiger partial charge in [-0.05, 0) is 49.9 Å². The summed E-state index contributed by atoms with van der Waals surface area (Å²) in [6, 6.07) is 11.7. The average Bonchev–Trinajstić information content (AvgIpc) is 3.47. The summed E-state index contributed by atoms with van der Waals surface area (Å²) < 4.78 is 44.0. The quantitative estimate of drug-likeness (QED) is 0.495. The molecule has 1 saturated carbocycles. The fraction of sp³-hybridized carbons (Fsp3) is 0.318. The minimum atomic E-state index is -4.62. The van der Waals surface area contributed by atoms with Crippen LogP contribution in [0.2, 0.25) is 0 Å². The molecule has 6 nitrogen and oxygen atoms in total. The van der Waals surface area contributed by atoms with Crippen molar-refractivity contribution in [3.8, 4) is 17.0 Å². The van der Waals surface area contributed by atoms with Crippen molar-refractivity contribution >= 4 is 28.4 Å². The summed E-state index contributed by atoms with van der Waals surface area (Å²) in [4.78, 5) is 11.7. The number of ether oxygens (including phenoxy) is 1. The van der Waals surface area contributed by atoms with Crippen molar-refractivity contribution in [3.05, 3.63) is 42.5 Å². The van der Waals surface area contributed by atoms with E-state index in [9.17, 15) is 23.1 Å². The molecule has 4 rings (SSSR count). The number of hydrogen-bond donors (Lipinski definition) is 3. The number of rotatable bonds is 5. The van der Waals surface area contributed by atoms with Gasteiger partial charge in [0.05, 0.1) is 16.9 Å². The molecule has 0 saturated heterocycles. The molecular weight excluding hydrogens is 411 g/mol. The number of carbonyl (C=O) groups is 1. The highest BCUT2D eigenvalue weighted by Crippen LogP contribution is 2.41. The Kier molecular flexibility index (Phi) is 5.20. The molecule has 0 aliphatic heterocycles. The van der Waals surface area contributed by atoms with E-state index in [1.54, 1.807) is 42.5 Å². The number of benzene rings is 2. The van der Waals surface area contributed by atoms with Gasteiger partial charge in [-0.2, -0.15) is 13.2 Å². The van der Waals surface area contributed by atoms with E-state index in [-0.39, 0.29) is 5.75 Å². The first kappa shape index (κ1) is 20.9. The van der Waals surface area contributed by atoms with Gasteiger partial charge in [0.1, 0.15) is 5.75 Å². The van der Waals surface area contributed by atoms with Gasteiger partial charge in [0.2, 0.25) is 0 Å². The van der Waals surface area contributed by atoms with E-state index in [4.69, 9.17) is 5.73 Å². The zero-order valence-electron chi connectivity index (χ0n) is 16.7. The van der Waals surface area contributed by atoms with Gasteiger partial charge in [-0.25, -0.2) is 4.79 Å². The number of aromatic nitrogens is 1. The largest absolute Gasteiger partial charge is 0.508 e. The van der Waals surface area contributed by atoms with E-state index in [1.165, 1.54) is 0 Å². The zero-order valence-corrected chi connectivity index (χ0v) is 16.7. The van der Waals surface area contributed by atoms with E-state index in [2.05, 4.69) is 14.6 Å². The van der Waals surface area contributed by atoms with Crippen molar-refractivity contribution in [2.75, 3.05) is 11.1 Å². The molecular formula is C22H22F3N3O3. The monoisotopic (exact) mass is 433 g/mol. The molecule has 31 heavy (non-hydrogen) atoms. The Balaban J connectivity index is 1.60. The number of nitrogens with one attached hydrogen (secondary N) is 1. The summed E-state index contributed by atoms with van der Waals surface area (Å²) in [5.41, 5.74) is 9.73. The second-order valence-electron chi connectivity index (χ2n) is 7.81. The number of halogens is 3. The first-order valence-corrected chi connectivity index (χ1v) is 9.89. The average molecular weight is 433 g/mol. The summed E-state index contributed by atoms with van der Waals surface area (Å²) in [7, 11) is 0. The molecule has 1 atom stereocenters. The molecule has 0 unspecified atom stereocenters. The Bertz CT molecular complexity index is 1120. The topological polar surface area (TPSA) is 89.5 Å². The second-order valence-corrected chi connectivity index (χ2v) is 7.81. The number of phenols is 1. The molecule has 0 bridgehead atoms. The number of amides is 1. The minimum absolute atomic E-state index is 0.153. The van der Waals surface area contributed by atoms with Crippen LogP contribution in [0.1, 0.15) is 19.8 Å². The van der Waals surface area contributed by atoms with Crippen LogP contribution in [0.4, 0.5) is 29.3 Å².